The standard InChI is InChI=1S/C51H99NO5/c1-3-5-7-9-11-13-15-16-17-18-19-20-21-24-27-31-35-39-43-49(54)48(47-53)52-50(55)44-40-36-32-28-25-22-26-30-34-38-42-46-57-51(56)45-41-37-33-29-23-14-12-10-8-6-4-2/h26,30,48-49,53-54H,3-25,27-29,31-47H2,1-2H3,(H,52,55)/b30-26-. The number of amides is 1. The molecule has 0 aromatic rings. The van der Waals surface area contributed by atoms with Gasteiger partial charge in [0.1, 0.15) is 0 Å². The Morgan fingerprint density at radius 1 is 0.474 bits per heavy atom. The lowest BCUT2D eigenvalue weighted by Gasteiger charge is -2.22. The topological polar surface area (TPSA) is 95.9 Å². The lowest BCUT2D eigenvalue weighted by Crippen LogP contribution is -2.45. The van der Waals surface area contributed by atoms with Gasteiger partial charge < -0.3 is 20.3 Å². The van der Waals surface area contributed by atoms with Crippen molar-refractivity contribution in [2.75, 3.05) is 13.2 Å². The van der Waals surface area contributed by atoms with E-state index in [4.69, 9.17) is 4.74 Å². The fourth-order valence-corrected chi connectivity index (χ4v) is 7.87. The first-order chi connectivity index (χ1) is 28.0. The van der Waals surface area contributed by atoms with Crippen LogP contribution in [0.2, 0.25) is 0 Å². The van der Waals surface area contributed by atoms with Crippen molar-refractivity contribution in [3.63, 3.8) is 0 Å². The summed E-state index contributed by atoms with van der Waals surface area (Å²) in [6.45, 7) is 4.88. The molecule has 0 rings (SSSR count). The Morgan fingerprint density at radius 3 is 1.25 bits per heavy atom. The molecule has 57 heavy (non-hydrogen) atoms. The number of nitrogens with one attached hydrogen (secondary N) is 1. The quantitative estimate of drug-likeness (QED) is 0.0323. The molecule has 0 saturated carbocycles. The van der Waals surface area contributed by atoms with Crippen LogP contribution >= 0.6 is 0 Å². The van der Waals surface area contributed by atoms with Crippen molar-refractivity contribution in [1.82, 2.24) is 5.32 Å². The Bertz CT molecular complexity index is 847. The maximum atomic E-state index is 12.4. The van der Waals surface area contributed by atoms with Gasteiger partial charge in [-0.2, -0.15) is 0 Å². The highest BCUT2D eigenvalue weighted by Crippen LogP contribution is 2.16. The number of unbranched alkanes of at least 4 members (excludes halogenated alkanes) is 34. The molecule has 3 N–H and O–H groups in total. The molecule has 0 radical (unpaired) electrons. The van der Waals surface area contributed by atoms with Gasteiger partial charge >= 0.3 is 5.97 Å². The van der Waals surface area contributed by atoms with Gasteiger partial charge in [-0.15, -0.1) is 0 Å². The van der Waals surface area contributed by atoms with Crippen LogP contribution in [0.15, 0.2) is 12.2 Å². The van der Waals surface area contributed by atoms with E-state index < -0.39 is 12.1 Å². The van der Waals surface area contributed by atoms with Crippen LogP contribution in [0, 0.1) is 0 Å². The Hall–Kier alpha value is -1.40. The number of aliphatic hydroxyl groups excluding tert-OH is 2. The fourth-order valence-electron chi connectivity index (χ4n) is 7.87. The van der Waals surface area contributed by atoms with E-state index in [1.165, 1.54) is 167 Å². The van der Waals surface area contributed by atoms with Crippen LogP contribution < -0.4 is 5.32 Å². The number of esters is 1. The zero-order valence-corrected chi connectivity index (χ0v) is 38.3. The van der Waals surface area contributed by atoms with Gasteiger partial charge in [0.2, 0.25) is 5.91 Å². The minimum absolute atomic E-state index is 0.0311. The van der Waals surface area contributed by atoms with E-state index in [0.29, 0.717) is 25.9 Å². The molecule has 0 aliphatic rings. The van der Waals surface area contributed by atoms with Crippen molar-refractivity contribution in [3.8, 4) is 0 Å². The summed E-state index contributed by atoms with van der Waals surface area (Å²) in [6, 6.07) is -0.561. The number of carbonyl (C=O) groups is 2. The zero-order chi connectivity index (χ0) is 41.5. The predicted octanol–water partition coefficient (Wildman–Crippen LogP) is 15.0. The van der Waals surface area contributed by atoms with Gasteiger partial charge in [0.25, 0.3) is 0 Å². The van der Waals surface area contributed by atoms with Gasteiger partial charge in [0.05, 0.1) is 25.4 Å². The first kappa shape index (κ1) is 55.6. The van der Waals surface area contributed by atoms with Crippen LogP contribution in [-0.2, 0) is 14.3 Å². The third-order valence-corrected chi connectivity index (χ3v) is 11.8. The molecule has 0 spiro atoms. The molecule has 0 aliphatic carbocycles. The molecule has 0 saturated heterocycles. The summed E-state index contributed by atoms with van der Waals surface area (Å²) in [6.07, 6.45) is 53.2. The summed E-state index contributed by atoms with van der Waals surface area (Å²) < 4.78 is 5.42. The van der Waals surface area contributed by atoms with E-state index in [0.717, 1.165) is 77.0 Å². The normalized spacial score (nSPS) is 12.7. The van der Waals surface area contributed by atoms with Gasteiger partial charge in [-0.1, -0.05) is 225 Å². The average Bonchev–Trinajstić information content (AvgIpc) is 3.21. The number of aliphatic hydroxyl groups is 2. The number of carbonyl (C=O) groups excluding carboxylic acids is 2. The average molecular weight is 806 g/mol. The van der Waals surface area contributed by atoms with Gasteiger partial charge in [0.15, 0.2) is 0 Å². The lowest BCUT2D eigenvalue weighted by atomic mass is 10.0. The second-order valence-corrected chi connectivity index (χ2v) is 17.5. The number of ether oxygens (including phenoxy) is 1. The van der Waals surface area contributed by atoms with E-state index in [1.807, 2.05) is 0 Å². The molecule has 0 fully saturated rings. The van der Waals surface area contributed by atoms with Crippen molar-refractivity contribution in [2.24, 2.45) is 0 Å². The summed E-state index contributed by atoms with van der Waals surface area (Å²) in [4.78, 5) is 24.4. The number of hydrogen-bond acceptors (Lipinski definition) is 5. The molecule has 2 atom stereocenters. The van der Waals surface area contributed by atoms with E-state index in [2.05, 4.69) is 31.3 Å². The van der Waals surface area contributed by atoms with Crippen molar-refractivity contribution >= 4 is 11.9 Å². The predicted molar refractivity (Wildman–Crippen MR) is 246 cm³/mol. The van der Waals surface area contributed by atoms with Crippen LogP contribution in [0.25, 0.3) is 0 Å². The zero-order valence-electron chi connectivity index (χ0n) is 38.3. The summed E-state index contributed by atoms with van der Waals surface area (Å²) in [5, 5.41) is 23.2. The molecule has 6 nitrogen and oxygen atoms in total. The summed E-state index contributed by atoms with van der Waals surface area (Å²) in [5.41, 5.74) is 0. The highest BCUT2D eigenvalue weighted by atomic mass is 16.5. The minimum atomic E-state index is -0.681. The molecular formula is C51H99NO5. The second-order valence-electron chi connectivity index (χ2n) is 17.5. The van der Waals surface area contributed by atoms with E-state index in [-0.39, 0.29) is 18.5 Å². The fraction of sp³-hybridized carbons (Fsp3) is 0.922. The Morgan fingerprint density at radius 2 is 0.825 bits per heavy atom. The molecule has 0 heterocycles. The maximum absolute atomic E-state index is 12.4. The first-order valence-electron chi connectivity index (χ1n) is 25.4. The number of allylic oxidation sites excluding steroid dienone is 2. The molecular weight excluding hydrogens is 707 g/mol. The Balaban J connectivity index is 3.52. The van der Waals surface area contributed by atoms with Crippen molar-refractivity contribution in [2.45, 2.75) is 289 Å². The van der Waals surface area contributed by atoms with Crippen LogP contribution in [0.5, 0.6) is 0 Å². The molecule has 1 amide bonds. The summed E-state index contributed by atoms with van der Waals surface area (Å²) in [5.74, 6) is -0.0932. The van der Waals surface area contributed by atoms with Crippen LogP contribution in [0.1, 0.15) is 277 Å². The number of rotatable bonds is 47. The van der Waals surface area contributed by atoms with E-state index in [1.54, 1.807) is 0 Å². The maximum Gasteiger partial charge on any atom is 0.305 e. The Labute approximate surface area is 355 Å². The lowest BCUT2D eigenvalue weighted by molar-refractivity contribution is -0.143. The van der Waals surface area contributed by atoms with Crippen LogP contribution in [0.3, 0.4) is 0 Å². The molecule has 338 valence electrons. The summed E-state index contributed by atoms with van der Waals surface area (Å²) in [7, 11) is 0. The number of hydrogen-bond donors (Lipinski definition) is 3. The highest BCUT2D eigenvalue weighted by Gasteiger charge is 2.20. The van der Waals surface area contributed by atoms with Gasteiger partial charge in [-0.3, -0.25) is 9.59 Å². The van der Waals surface area contributed by atoms with Crippen molar-refractivity contribution < 1.29 is 24.5 Å². The van der Waals surface area contributed by atoms with E-state index in [9.17, 15) is 19.8 Å². The van der Waals surface area contributed by atoms with Gasteiger partial charge in [-0.25, -0.2) is 0 Å². The SMILES string of the molecule is CCCCCCCCCCCCCCCCCCCCC(O)C(CO)NC(=O)CCCCCCC/C=C\CCCCOC(=O)CCCCCCCCCCCCC. The molecule has 0 aromatic carbocycles. The minimum Gasteiger partial charge on any atom is -0.466 e. The molecule has 2 unspecified atom stereocenters. The van der Waals surface area contributed by atoms with E-state index >= 15 is 0 Å². The first-order valence-corrected chi connectivity index (χ1v) is 25.4. The van der Waals surface area contributed by atoms with Crippen molar-refractivity contribution in [3.05, 3.63) is 12.2 Å². The third kappa shape index (κ3) is 44.0. The second kappa shape index (κ2) is 47.3. The third-order valence-electron chi connectivity index (χ3n) is 11.8. The highest BCUT2D eigenvalue weighted by molar-refractivity contribution is 5.76. The Kier molecular flexibility index (Phi) is 46.1. The molecule has 0 aromatic heterocycles. The summed E-state index contributed by atoms with van der Waals surface area (Å²) >= 11 is 0. The molecule has 0 bridgehead atoms. The smallest absolute Gasteiger partial charge is 0.305 e. The van der Waals surface area contributed by atoms with Crippen LogP contribution in [0.4, 0.5) is 0 Å². The van der Waals surface area contributed by atoms with Crippen LogP contribution in [-0.4, -0.2) is 47.4 Å². The molecule has 6 heteroatoms. The van der Waals surface area contributed by atoms with Gasteiger partial charge in [-0.05, 0) is 51.4 Å². The monoisotopic (exact) mass is 806 g/mol. The molecule has 0 aliphatic heterocycles. The largest absolute Gasteiger partial charge is 0.466 e. The van der Waals surface area contributed by atoms with Crippen molar-refractivity contribution in [1.29, 1.82) is 0 Å². The van der Waals surface area contributed by atoms with Gasteiger partial charge in [0, 0.05) is 12.8 Å².